The van der Waals surface area contributed by atoms with E-state index in [1.54, 1.807) is 43.1 Å². The van der Waals surface area contributed by atoms with Crippen LogP contribution in [0, 0.1) is 11.3 Å². The van der Waals surface area contributed by atoms with E-state index >= 15 is 0 Å². The van der Waals surface area contributed by atoms with Crippen molar-refractivity contribution in [1.82, 2.24) is 9.97 Å². The van der Waals surface area contributed by atoms with Gasteiger partial charge < -0.3 is 10.1 Å². The summed E-state index contributed by atoms with van der Waals surface area (Å²) in [6.45, 7) is 0. The van der Waals surface area contributed by atoms with Crippen LogP contribution in [0.15, 0.2) is 58.2 Å². The van der Waals surface area contributed by atoms with Crippen molar-refractivity contribution >= 4 is 23.4 Å². The number of nitrogens with zero attached hydrogens (tertiary/aromatic N) is 2. The van der Waals surface area contributed by atoms with E-state index in [4.69, 9.17) is 4.74 Å². The first kappa shape index (κ1) is 17.6. The Kier molecular flexibility index (Phi) is 5.25. The Labute approximate surface area is 154 Å². The summed E-state index contributed by atoms with van der Waals surface area (Å²) in [6, 6.07) is 16.7. The fourth-order valence-corrected chi connectivity index (χ4v) is 2.81. The number of methoxy groups -OCH3 is 1. The first-order valence-electron chi connectivity index (χ1n) is 7.74. The van der Waals surface area contributed by atoms with Gasteiger partial charge in [-0.25, -0.2) is 4.98 Å². The van der Waals surface area contributed by atoms with Crippen LogP contribution in [0.3, 0.4) is 0 Å². The smallest absolute Gasteiger partial charge is 0.270 e. The van der Waals surface area contributed by atoms with Gasteiger partial charge in [-0.15, -0.1) is 11.8 Å². The molecule has 1 heterocycles. The summed E-state index contributed by atoms with van der Waals surface area (Å²) in [5, 5.41) is 12.4. The molecule has 26 heavy (non-hydrogen) atoms. The van der Waals surface area contributed by atoms with Crippen LogP contribution < -0.4 is 15.6 Å². The number of thioether (sulfide) groups is 1. The molecule has 6 nitrogen and oxygen atoms in total. The van der Waals surface area contributed by atoms with Gasteiger partial charge in [0.25, 0.3) is 5.56 Å². The molecule has 0 spiro atoms. The molecular weight excluding hydrogens is 348 g/mol. The first-order chi connectivity index (χ1) is 12.6. The number of nitrogens with one attached hydrogen (secondary N) is 2. The second-order valence-electron chi connectivity index (χ2n) is 5.33. The van der Waals surface area contributed by atoms with E-state index in [-0.39, 0.29) is 11.5 Å². The zero-order valence-corrected chi connectivity index (χ0v) is 15.1. The van der Waals surface area contributed by atoms with E-state index in [1.807, 2.05) is 36.6 Å². The Balaban J connectivity index is 2.00. The summed E-state index contributed by atoms with van der Waals surface area (Å²) >= 11 is 1.65. The zero-order valence-electron chi connectivity index (χ0n) is 14.2. The highest BCUT2D eigenvalue weighted by molar-refractivity contribution is 7.98. The van der Waals surface area contributed by atoms with Crippen LogP contribution in [0.5, 0.6) is 5.75 Å². The molecule has 7 heteroatoms. The molecule has 0 amide bonds. The van der Waals surface area contributed by atoms with E-state index in [0.29, 0.717) is 17.0 Å². The topological polar surface area (TPSA) is 90.8 Å². The van der Waals surface area contributed by atoms with Crippen molar-refractivity contribution in [3.05, 3.63) is 64.4 Å². The van der Waals surface area contributed by atoms with Gasteiger partial charge in [0.05, 0.1) is 12.8 Å². The van der Waals surface area contributed by atoms with Crippen molar-refractivity contribution in [2.45, 2.75) is 4.90 Å². The molecule has 130 valence electrons. The van der Waals surface area contributed by atoms with E-state index in [1.165, 1.54) is 0 Å². The SMILES string of the molecule is COc1ccc(-c2nc(Nc3ccc(SC)cc3)[nH]c(=O)c2C#N)cc1. The lowest BCUT2D eigenvalue weighted by atomic mass is 10.1. The average molecular weight is 364 g/mol. The molecular formula is C19H16N4O2S. The van der Waals surface area contributed by atoms with Gasteiger partial charge >= 0.3 is 0 Å². The van der Waals surface area contributed by atoms with Crippen molar-refractivity contribution in [3.8, 4) is 23.1 Å². The Hall–Kier alpha value is -3.24. The van der Waals surface area contributed by atoms with Gasteiger partial charge in [-0.2, -0.15) is 5.26 Å². The monoisotopic (exact) mass is 364 g/mol. The third kappa shape index (κ3) is 3.71. The van der Waals surface area contributed by atoms with Crippen molar-refractivity contribution in [2.75, 3.05) is 18.7 Å². The quantitative estimate of drug-likeness (QED) is 0.670. The van der Waals surface area contributed by atoms with E-state index in [9.17, 15) is 10.1 Å². The number of ether oxygens (including phenoxy) is 1. The Morgan fingerprint density at radius 2 is 1.85 bits per heavy atom. The number of hydrogen-bond donors (Lipinski definition) is 2. The highest BCUT2D eigenvalue weighted by Crippen LogP contribution is 2.24. The van der Waals surface area contributed by atoms with Crippen LogP contribution in [0.4, 0.5) is 11.6 Å². The number of anilines is 2. The molecule has 0 saturated heterocycles. The number of H-pyrrole nitrogens is 1. The number of rotatable bonds is 5. The van der Waals surface area contributed by atoms with Crippen LogP contribution in [0.2, 0.25) is 0 Å². The van der Waals surface area contributed by atoms with Gasteiger partial charge in [0.15, 0.2) is 0 Å². The second-order valence-corrected chi connectivity index (χ2v) is 6.21. The highest BCUT2D eigenvalue weighted by atomic mass is 32.2. The molecule has 0 aliphatic heterocycles. The summed E-state index contributed by atoms with van der Waals surface area (Å²) in [4.78, 5) is 20.5. The average Bonchev–Trinajstić information content (AvgIpc) is 2.68. The minimum atomic E-state index is -0.489. The minimum Gasteiger partial charge on any atom is -0.497 e. The van der Waals surface area contributed by atoms with Crippen LogP contribution in [0.1, 0.15) is 5.56 Å². The summed E-state index contributed by atoms with van der Waals surface area (Å²) < 4.78 is 5.14. The predicted molar refractivity (Wildman–Crippen MR) is 103 cm³/mol. The van der Waals surface area contributed by atoms with Gasteiger partial charge in [-0.3, -0.25) is 9.78 Å². The van der Waals surface area contributed by atoms with Gasteiger partial charge in [-0.05, 0) is 54.8 Å². The summed E-state index contributed by atoms with van der Waals surface area (Å²) in [5.74, 6) is 0.959. The van der Waals surface area contributed by atoms with Gasteiger partial charge in [0.2, 0.25) is 5.95 Å². The Morgan fingerprint density at radius 1 is 1.15 bits per heavy atom. The second kappa shape index (κ2) is 7.76. The summed E-state index contributed by atoms with van der Waals surface area (Å²) in [5.41, 5.74) is 1.25. The van der Waals surface area contributed by atoms with Gasteiger partial charge in [-0.1, -0.05) is 0 Å². The molecule has 0 bridgehead atoms. The molecule has 2 N–H and O–H groups in total. The van der Waals surface area contributed by atoms with E-state index < -0.39 is 5.56 Å². The standard InChI is InChI=1S/C19H16N4O2S/c1-25-14-7-3-12(4-8-14)17-16(11-20)18(24)23-19(22-17)21-13-5-9-15(26-2)10-6-13/h3-10H,1-2H3,(H2,21,22,23,24). The predicted octanol–water partition coefficient (Wildman–Crippen LogP) is 3.78. The molecule has 0 radical (unpaired) electrons. The number of nitriles is 1. The number of aromatic nitrogens is 2. The Morgan fingerprint density at radius 3 is 2.42 bits per heavy atom. The van der Waals surface area contributed by atoms with Gasteiger partial charge in [0.1, 0.15) is 17.4 Å². The molecule has 0 atom stereocenters. The van der Waals surface area contributed by atoms with E-state index in [0.717, 1.165) is 10.6 Å². The fourth-order valence-electron chi connectivity index (χ4n) is 2.41. The summed E-state index contributed by atoms with van der Waals surface area (Å²) in [6.07, 6.45) is 2.00. The van der Waals surface area contributed by atoms with Crippen molar-refractivity contribution in [1.29, 1.82) is 5.26 Å². The van der Waals surface area contributed by atoms with Crippen LogP contribution in [-0.2, 0) is 0 Å². The Bertz CT molecular complexity index is 1010. The van der Waals surface area contributed by atoms with Crippen LogP contribution in [0.25, 0.3) is 11.3 Å². The van der Waals surface area contributed by atoms with Crippen molar-refractivity contribution < 1.29 is 4.74 Å². The fraction of sp³-hybridized carbons (Fsp3) is 0.105. The molecule has 2 aromatic carbocycles. The normalized spacial score (nSPS) is 10.2. The largest absolute Gasteiger partial charge is 0.497 e. The maximum Gasteiger partial charge on any atom is 0.270 e. The molecule has 3 aromatic rings. The summed E-state index contributed by atoms with van der Waals surface area (Å²) in [7, 11) is 1.57. The third-order valence-electron chi connectivity index (χ3n) is 3.75. The molecule has 0 saturated carbocycles. The van der Waals surface area contributed by atoms with Gasteiger partial charge in [0, 0.05) is 16.1 Å². The lowest BCUT2D eigenvalue weighted by Gasteiger charge is -2.09. The van der Waals surface area contributed by atoms with Crippen molar-refractivity contribution in [2.24, 2.45) is 0 Å². The number of hydrogen-bond acceptors (Lipinski definition) is 6. The molecule has 3 rings (SSSR count). The molecule has 0 aliphatic rings. The minimum absolute atomic E-state index is 0.0292. The van der Waals surface area contributed by atoms with Crippen LogP contribution in [-0.4, -0.2) is 23.3 Å². The lowest BCUT2D eigenvalue weighted by molar-refractivity contribution is 0.415. The van der Waals surface area contributed by atoms with Crippen molar-refractivity contribution in [3.63, 3.8) is 0 Å². The molecule has 0 unspecified atom stereocenters. The van der Waals surface area contributed by atoms with Crippen LogP contribution >= 0.6 is 11.8 Å². The maximum atomic E-state index is 12.3. The first-order valence-corrected chi connectivity index (χ1v) is 8.97. The third-order valence-corrected chi connectivity index (χ3v) is 4.49. The highest BCUT2D eigenvalue weighted by Gasteiger charge is 2.13. The zero-order chi connectivity index (χ0) is 18.5. The maximum absolute atomic E-state index is 12.3. The van der Waals surface area contributed by atoms with E-state index in [2.05, 4.69) is 15.3 Å². The molecule has 0 fully saturated rings. The number of aromatic amines is 1. The lowest BCUT2D eigenvalue weighted by Crippen LogP contribution is -2.16. The molecule has 0 aliphatic carbocycles. The molecule has 1 aromatic heterocycles. The number of benzene rings is 2.